The zero-order valence-electron chi connectivity index (χ0n) is 11.3. The molecule has 0 bridgehead atoms. The molecule has 0 fully saturated rings. The molecule has 0 atom stereocenters. The lowest BCUT2D eigenvalue weighted by Crippen LogP contribution is -2.26. The Hall–Kier alpha value is -1.31. The summed E-state index contributed by atoms with van der Waals surface area (Å²) in [4.78, 5) is 4.42. The van der Waals surface area contributed by atoms with Gasteiger partial charge < -0.3 is 9.30 Å². The minimum absolute atomic E-state index is 0.260. The molecule has 0 saturated heterocycles. The first kappa shape index (κ1) is 15.1. The van der Waals surface area contributed by atoms with E-state index < -0.39 is 10.0 Å². The summed E-state index contributed by atoms with van der Waals surface area (Å²) in [5.74, 6) is 1.68. The summed E-state index contributed by atoms with van der Waals surface area (Å²) in [6, 6.07) is 5.54. The van der Waals surface area contributed by atoms with Crippen LogP contribution in [0.15, 0.2) is 18.2 Å². The highest BCUT2D eigenvalue weighted by molar-refractivity contribution is 7.88. The number of hydrogen-bond donors (Lipinski definition) is 1. The number of benzene rings is 1. The molecule has 2 aromatic rings. The van der Waals surface area contributed by atoms with Gasteiger partial charge in [0.15, 0.2) is 0 Å². The molecule has 1 aromatic heterocycles. The number of nitrogens with zero attached hydrogens (tertiary/aromatic N) is 2. The molecule has 0 spiro atoms. The fourth-order valence-corrected chi connectivity index (χ4v) is 2.64. The van der Waals surface area contributed by atoms with E-state index in [0.29, 0.717) is 12.4 Å². The van der Waals surface area contributed by atoms with Crippen molar-refractivity contribution in [1.29, 1.82) is 0 Å². The third kappa shape index (κ3) is 3.41. The smallest absolute Gasteiger partial charge is 0.208 e. The van der Waals surface area contributed by atoms with Crippen LogP contribution in [0.25, 0.3) is 11.0 Å². The molecule has 6 nitrogen and oxygen atoms in total. The van der Waals surface area contributed by atoms with E-state index in [4.69, 9.17) is 16.3 Å². The van der Waals surface area contributed by atoms with Crippen LogP contribution in [0.2, 0.25) is 0 Å². The summed E-state index contributed by atoms with van der Waals surface area (Å²) < 4.78 is 31.7. The normalized spacial score (nSPS) is 11.9. The predicted molar refractivity (Wildman–Crippen MR) is 78.7 cm³/mol. The minimum Gasteiger partial charge on any atom is -0.497 e. The molecule has 20 heavy (non-hydrogen) atoms. The number of nitrogens with one attached hydrogen (secondary N) is 1. The standard InChI is InChI=1S/C12H16ClN3O3S/c1-19-9-3-4-10-11(7-9)16(12(8-13)15-10)6-5-14-20(2,17)18/h3-4,7,14H,5-6,8H2,1-2H3. The predicted octanol–water partition coefficient (Wildman–Crippen LogP) is 1.33. The number of halogens is 1. The summed E-state index contributed by atoms with van der Waals surface area (Å²) >= 11 is 5.89. The number of sulfonamides is 1. The van der Waals surface area contributed by atoms with Crippen molar-refractivity contribution in [3.8, 4) is 5.75 Å². The van der Waals surface area contributed by atoms with Crippen LogP contribution in [-0.2, 0) is 22.4 Å². The number of aromatic nitrogens is 2. The van der Waals surface area contributed by atoms with E-state index in [2.05, 4.69) is 9.71 Å². The number of fused-ring (bicyclic) bond motifs is 1. The monoisotopic (exact) mass is 317 g/mol. The topological polar surface area (TPSA) is 73.2 Å². The third-order valence-corrected chi connectivity index (χ3v) is 3.82. The van der Waals surface area contributed by atoms with Crippen molar-refractivity contribution < 1.29 is 13.2 Å². The summed E-state index contributed by atoms with van der Waals surface area (Å²) in [7, 11) is -1.61. The maximum Gasteiger partial charge on any atom is 0.208 e. The first-order chi connectivity index (χ1) is 9.44. The Kier molecular flexibility index (Phi) is 4.52. The highest BCUT2D eigenvalue weighted by Gasteiger charge is 2.11. The highest BCUT2D eigenvalue weighted by Crippen LogP contribution is 2.22. The summed E-state index contributed by atoms with van der Waals surface area (Å²) in [6.07, 6.45) is 1.13. The van der Waals surface area contributed by atoms with Gasteiger partial charge in [0.2, 0.25) is 10.0 Å². The Morgan fingerprint density at radius 3 is 2.80 bits per heavy atom. The van der Waals surface area contributed by atoms with Gasteiger partial charge in [-0.05, 0) is 12.1 Å². The molecular weight excluding hydrogens is 302 g/mol. The molecular formula is C12H16ClN3O3S. The molecule has 0 aliphatic rings. The molecule has 0 radical (unpaired) electrons. The lowest BCUT2D eigenvalue weighted by molar-refractivity contribution is 0.415. The minimum atomic E-state index is -3.20. The lowest BCUT2D eigenvalue weighted by Gasteiger charge is -2.08. The van der Waals surface area contributed by atoms with Crippen LogP contribution in [0.3, 0.4) is 0 Å². The number of ether oxygens (including phenoxy) is 1. The van der Waals surface area contributed by atoms with E-state index in [0.717, 1.165) is 23.0 Å². The molecule has 0 saturated carbocycles. The van der Waals surface area contributed by atoms with E-state index in [-0.39, 0.29) is 12.4 Å². The molecule has 1 aromatic carbocycles. The van der Waals surface area contributed by atoms with Crippen molar-refractivity contribution in [2.45, 2.75) is 12.4 Å². The average Bonchev–Trinajstić information content (AvgIpc) is 2.74. The van der Waals surface area contributed by atoms with Crippen LogP contribution in [-0.4, -0.2) is 37.9 Å². The molecule has 0 amide bonds. The Morgan fingerprint density at radius 2 is 2.20 bits per heavy atom. The van der Waals surface area contributed by atoms with E-state index in [1.54, 1.807) is 7.11 Å². The zero-order chi connectivity index (χ0) is 14.8. The van der Waals surface area contributed by atoms with E-state index in [1.807, 2.05) is 22.8 Å². The molecule has 0 aliphatic carbocycles. The number of alkyl halides is 1. The van der Waals surface area contributed by atoms with Gasteiger partial charge in [-0.25, -0.2) is 18.1 Å². The molecule has 0 unspecified atom stereocenters. The largest absolute Gasteiger partial charge is 0.497 e. The van der Waals surface area contributed by atoms with E-state index >= 15 is 0 Å². The second-order valence-corrected chi connectivity index (χ2v) is 6.43. The van der Waals surface area contributed by atoms with Crippen LogP contribution in [0.1, 0.15) is 5.82 Å². The maximum atomic E-state index is 11.1. The fraction of sp³-hybridized carbons (Fsp3) is 0.417. The Bertz CT molecular complexity index is 712. The van der Waals surface area contributed by atoms with Crippen molar-refractivity contribution in [1.82, 2.24) is 14.3 Å². The van der Waals surface area contributed by atoms with Crippen molar-refractivity contribution in [3.63, 3.8) is 0 Å². The molecule has 110 valence electrons. The third-order valence-electron chi connectivity index (χ3n) is 2.85. The summed E-state index contributed by atoms with van der Waals surface area (Å²) in [6.45, 7) is 0.740. The van der Waals surface area contributed by atoms with Crippen molar-refractivity contribution in [2.75, 3.05) is 19.9 Å². The lowest BCUT2D eigenvalue weighted by atomic mass is 10.3. The fourth-order valence-electron chi connectivity index (χ4n) is 1.97. The van der Waals surface area contributed by atoms with Gasteiger partial charge in [-0.15, -0.1) is 11.6 Å². The SMILES string of the molecule is COc1ccc2nc(CCl)n(CCNS(C)(=O)=O)c2c1. The van der Waals surface area contributed by atoms with Crippen molar-refractivity contribution in [3.05, 3.63) is 24.0 Å². The Balaban J connectivity index is 2.33. The van der Waals surface area contributed by atoms with Gasteiger partial charge in [0, 0.05) is 19.2 Å². The zero-order valence-corrected chi connectivity index (χ0v) is 12.8. The maximum absolute atomic E-state index is 11.1. The van der Waals surface area contributed by atoms with Gasteiger partial charge in [-0.1, -0.05) is 0 Å². The van der Waals surface area contributed by atoms with Gasteiger partial charge in [0.1, 0.15) is 11.6 Å². The average molecular weight is 318 g/mol. The van der Waals surface area contributed by atoms with Crippen LogP contribution in [0.5, 0.6) is 5.75 Å². The number of imidazole rings is 1. The highest BCUT2D eigenvalue weighted by atomic mass is 35.5. The quantitative estimate of drug-likeness (QED) is 0.816. The van der Waals surface area contributed by atoms with Crippen molar-refractivity contribution in [2.24, 2.45) is 0 Å². The van der Waals surface area contributed by atoms with Crippen LogP contribution in [0, 0.1) is 0 Å². The first-order valence-corrected chi connectivity index (χ1v) is 8.41. The molecule has 1 N–H and O–H groups in total. The van der Waals surface area contributed by atoms with E-state index in [1.165, 1.54) is 0 Å². The number of rotatable bonds is 6. The Labute approximate surface area is 122 Å². The van der Waals surface area contributed by atoms with Gasteiger partial charge in [-0.3, -0.25) is 0 Å². The van der Waals surface area contributed by atoms with Gasteiger partial charge >= 0.3 is 0 Å². The van der Waals surface area contributed by atoms with Crippen LogP contribution < -0.4 is 9.46 Å². The summed E-state index contributed by atoms with van der Waals surface area (Å²) in [5.41, 5.74) is 1.68. The number of methoxy groups -OCH3 is 1. The van der Waals surface area contributed by atoms with Crippen molar-refractivity contribution >= 4 is 32.7 Å². The Morgan fingerprint density at radius 1 is 1.45 bits per heavy atom. The van der Waals surface area contributed by atoms with Crippen LogP contribution >= 0.6 is 11.6 Å². The number of hydrogen-bond acceptors (Lipinski definition) is 4. The molecule has 2 rings (SSSR count). The first-order valence-electron chi connectivity index (χ1n) is 5.98. The molecule has 0 aliphatic heterocycles. The molecule has 1 heterocycles. The van der Waals surface area contributed by atoms with Crippen LogP contribution in [0.4, 0.5) is 0 Å². The molecule has 8 heteroatoms. The second-order valence-electron chi connectivity index (χ2n) is 4.33. The van der Waals surface area contributed by atoms with Gasteiger partial charge in [-0.2, -0.15) is 0 Å². The van der Waals surface area contributed by atoms with Gasteiger partial charge in [0.25, 0.3) is 0 Å². The van der Waals surface area contributed by atoms with Gasteiger partial charge in [0.05, 0.1) is 30.3 Å². The summed E-state index contributed by atoms with van der Waals surface area (Å²) in [5, 5.41) is 0. The van der Waals surface area contributed by atoms with E-state index in [9.17, 15) is 8.42 Å². The second kappa shape index (κ2) is 5.99.